The van der Waals surface area contributed by atoms with E-state index in [4.69, 9.17) is 0 Å². The topological polar surface area (TPSA) is 48.1 Å². The molecule has 0 N–H and O–H groups in total. The molecule has 1 aromatic heterocycles. The molecule has 6 aromatic carbocycles. The van der Waals surface area contributed by atoms with Crippen LogP contribution >= 0.6 is 0 Å². The number of carbonyl (C=O) groups excluding carboxylic acids is 1. The monoisotopic (exact) mass is 644 g/mol. The number of hydrogen-bond donors (Lipinski definition) is 0. The molecular weight excluding hydrogens is 613 g/mol. The molecule has 0 saturated heterocycles. The molecule has 0 radical (unpaired) electrons. The summed E-state index contributed by atoms with van der Waals surface area (Å²) >= 11 is 0. The fourth-order valence-corrected chi connectivity index (χ4v) is 7.75. The predicted molar refractivity (Wildman–Crippen MR) is 203 cm³/mol. The molecule has 4 nitrogen and oxygen atoms in total. The lowest BCUT2D eigenvalue weighted by atomic mass is 9.78. The standard InChI is InChI=1S/C46H32N2O2/c1-29-41(37-17-9-11-19-39(37)47(29)35-25-21-33(22-26-35)31-13-5-3-6-14-31)43-45(49)44(46(43)50)42-30(2)48(40-20-12-10-18-38(40)42)36-27-23-34(24-28-36)32-15-7-4-8-16-32/h3-28H,1-2H3. The van der Waals surface area contributed by atoms with Crippen LogP contribution < -0.4 is 9.68 Å². The summed E-state index contributed by atoms with van der Waals surface area (Å²) in [5, 5.41) is 15.2. The third kappa shape index (κ3) is 4.46. The Morgan fingerprint density at radius 2 is 1.08 bits per heavy atom. The van der Waals surface area contributed by atoms with E-state index >= 15 is 0 Å². The van der Waals surface area contributed by atoms with Crippen molar-refractivity contribution in [1.82, 2.24) is 9.14 Å². The Morgan fingerprint density at radius 3 is 1.72 bits per heavy atom. The Labute approximate surface area is 290 Å². The Balaban J connectivity index is 1.16. The number of hydrogen-bond acceptors (Lipinski definition) is 2. The molecule has 4 heteroatoms. The van der Waals surface area contributed by atoms with Crippen molar-refractivity contribution >= 4 is 44.9 Å². The van der Waals surface area contributed by atoms with E-state index in [2.05, 4.69) is 94.1 Å². The number of para-hydroxylation sites is 2. The second-order valence-electron chi connectivity index (χ2n) is 12.9. The molecule has 0 unspecified atom stereocenters. The van der Waals surface area contributed by atoms with Crippen LogP contribution in [0.2, 0.25) is 0 Å². The van der Waals surface area contributed by atoms with Gasteiger partial charge in [-0.15, -0.1) is 0 Å². The summed E-state index contributed by atoms with van der Waals surface area (Å²) in [7, 11) is 0. The van der Waals surface area contributed by atoms with Crippen molar-refractivity contribution in [3.63, 3.8) is 0 Å². The molecule has 50 heavy (non-hydrogen) atoms. The van der Waals surface area contributed by atoms with Crippen molar-refractivity contribution in [3.05, 3.63) is 186 Å². The number of carbonyl (C=O) groups is 1. The zero-order valence-corrected chi connectivity index (χ0v) is 27.7. The van der Waals surface area contributed by atoms with E-state index in [0.29, 0.717) is 11.1 Å². The van der Waals surface area contributed by atoms with Crippen LogP contribution in [0.5, 0.6) is 0 Å². The molecule has 7 aromatic rings. The number of ketones is 1. The van der Waals surface area contributed by atoms with Crippen molar-refractivity contribution in [2.24, 2.45) is 0 Å². The van der Waals surface area contributed by atoms with Gasteiger partial charge in [-0.1, -0.05) is 109 Å². The van der Waals surface area contributed by atoms with E-state index < -0.39 is 0 Å². The summed E-state index contributed by atoms with van der Waals surface area (Å²) in [5.41, 5.74) is 13.0. The lowest BCUT2D eigenvalue weighted by Gasteiger charge is -2.32. The summed E-state index contributed by atoms with van der Waals surface area (Å²) in [6.45, 7) is 4.00. The maximum absolute atomic E-state index is 14.3. The zero-order valence-electron chi connectivity index (χ0n) is 27.7. The van der Waals surface area contributed by atoms with Gasteiger partial charge < -0.3 is 9.67 Å². The van der Waals surface area contributed by atoms with Gasteiger partial charge in [0.1, 0.15) is 0 Å². The molecule has 0 fully saturated rings. The number of allylic oxidation sites excluding steroid dienone is 3. The maximum Gasteiger partial charge on any atom is 0.219 e. The molecular formula is C46H32N2O2. The molecule has 0 amide bonds. The average Bonchev–Trinajstić information content (AvgIpc) is 3.62. The van der Waals surface area contributed by atoms with Gasteiger partial charge in [0.05, 0.1) is 16.7 Å². The van der Waals surface area contributed by atoms with Crippen molar-refractivity contribution in [3.8, 4) is 27.9 Å². The third-order valence-electron chi connectivity index (χ3n) is 10.1. The first-order chi connectivity index (χ1) is 24.5. The Hall–Kier alpha value is -6.52. The predicted octanol–water partition coefficient (Wildman–Crippen LogP) is 9.69. The number of Topliss-reactive ketones (excluding diaryl/α,β-unsaturated/α-hetero) is 1. The van der Waals surface area contributed by atoms with Crippen LogP contribution in [-0.2, 0) is 4.79 Å². The second-order valence-corrected chi connectivity index (χ2v) is 12.9. The molecule has 0 atom stereocenters. The van der Waals surface area contributed by atoms with Crippen molar-refractivity contribution < 1.29 is 9.90 Å². The van der Waals surface area contributed by atoms with Gasteiger partial charge in [-0.3, -0.25) is 4.79 Å². The number of benzene rings is 6. The van der Waals surface area contributed by atoms with E-state index in [9.17, 15) is 9.90 Å². The molecule has 0 saturated carbocycles. The number of aromatic nitrogens is 1. The minimum absolute atomic E-state index is 0.203. The fourth-order valence-electron chi connectivity index (χ4n) is 7.75. The van der Waals surface area contributed by atoms with Crippen LogP contribution in [-0.4, -0.2) is 16.1 Å². The Morgan fingerprint density at radius 1 is 0.540 bits per heavy atom. The van der Waals surface area contributed by atoms with Crippen LogP contribution in [0.25, 0.3) is 50.0 Å². The summed E-state index contributed by atoms with van der Waals surface area (Å²) in [6, 6.07) is 53.5. The van der Waals surface area contributed by atoms with Gasteiger partial charge in [0, 0.05) is 58.6 Å². The van der Waals surface area contributed by atoms with E-state index in [1.54, 1.807) is 0 Å². The minimum Gasteiger partial charge on any atom is -0.871 e. The summed E-state index contributed by atoms with van der Waals surface area (Å²) in [6.07, 6.45) is 0. The lowest BCUT2D eigenvalue weighted by molar-refractivity contribution is -0.297. The van der Waals surface area contributed by atoms with Crippen LogP contribution in [0.15, 0.2) is 169 Å². The summed E-state index contributed by atoms with van der Waals surface area (Å²) < 4.78 is 4.31. The fraction of sp³-hybridized carbons (Fsp3) is 0.0435. The third-order valence-corrected chi connectivity index (χ3v) is 10.1. The second kappa shape index (κ2) is 11.6. The molecule has 0 bridgehead atoms. The van der Waals surface area contributed by atoms with Gasteiger partial charge >= 0.3 is 0 Å². The molecule has 2 heterocycles. The van der Waals surface area contributed by atoms with Gasteiger partial charge in [-0.25, -0.2) is 0 Å². The summed E-state index contributed by atoms with van der Waals surface area (Å²) in [5.74, 6) is -0.406. The first kappa shape index (κ1) is 29.6. The van der Waals surface area contributed by atoms with Gasteiger partial charge in [0.15, 0.2) is 11.5 Å². The molecule has 238 valence electrons. The molecule has 2 aliphatic rings. The zero-order chi connectivity index (χ0) is 33.9. The number of fused-ring (bicyclic) bond motifs is 2. The van der Waals surface area contributed by atoms with E-state index in [0.717, 1.165) is 67.2 Å². The highest BCUT2D eigenvalue weighted by Crippen LogP contribution is 2.47. The van der Waals surface area contributed by atoms with Crippen LogP contribution in [0.1, 0.15) is 23.7 Å². The van der Waals surface area contributed by atoms with E-state index in [-0.39, 0.29) is 22.7 Å². The number of rotatable bonds is 5. The van der Waals surface area contributed by atoms with Gasteiger partial charge in [0.2, 0.25) is 11.4 Å². The van der Waals surface area contributed by atoms with Gasteiger partial charge in [0.25, 0.3) is 0 Å². The minimum atomic E-state index is -0.203. The lowest BCUT2D eigenvalue weighted by Crippen LogP contribution is -2.31. The first-order valence-electron chi connectivity index (χ1n) is 16.9. The number of nitrogens with zero attached hydrogens (tertiary/aromatic N) is 2. The van der Waals surface area contributed by atoms with Gasteiger partial charge in [-0.05, 0) is 65.6 Å². The van der Waals surface area contributed by atoms with E-state index in [1.165, 1.54) is 0 Å². The Kier molecular flexibility index (Phi) is 6.85. The SMILES string of the molecule is CC1=[N+](c2ccc(-c3ccccc3)cc2)c2ccccc2/C1=C1/C(=O)C(c2c(C)n(-c3ccc(-c4ccccc4)cc3)c3ccccc23)=C1[O-]. The average molecular weight is 645 g/mol. The molecule has 9 rings (SSSR count). The van der Waals surface area contributed by atoms with Crippen molar-refractivity contribution in [1.29, 1.82) is 0 Å². The smallest absolute Gasteiger partial charge is 0.219 e. The highest BCUT2D eigenvalue weighted by atomic mass is 16.3. The quantitative estimate of drug-likeness (QED) is 0.138. The molecule has 1 aliphatic carbocycles. The van der Waals surface area contributed by atoms with Crippen LogP contribution in [0.3, 0.4) is 0 Å². The maximum atomic E-state index is 14.3. The van der Waals surface area contributed by atoms with Gasteiger partial charge in [-0.2, -0.15) is 4.58 Å². The van der Waals surface area contributed by atoms with Crippen LogP contribution in [0, 0.1) is 6.92 Å². The van der Waals surface area contributed by atoms with Crippen molar-refractivity contribution in [2.75, 3.05) is 0 Å². The first-order valence-corrected chi connectivity index (χ1v) is 16.9. The highest BCUT2D eigenvalue weighted by Gasteiger charge is 2.42. The molecule has 0 spiro atoms. The largest absolute Gasteiger partial charge is 0.871 e. The highest BCUT2D eigenvalue weighted by molar-refractivity contribution is 6.48. The molecule has 1 aliphatic heterocycles. The van der Waals surface area contributed by atoms with E-state index in [1.807, 2.05) is 86.6 Å². The summed E-state index contributed by atoms with van der Waals surface area (Å²) in [4.78, 5) is 14.3. The van der Waals surface area contributed by atoms with Crippen LogP contribution in [0.4, 0.5) is 11.4 Å². The Bertz CT molecular complexity index is 2590. The van der Waals surface area contributed by atoms with Crippen molar-refractivity contribution in [2.45, 2.75) is 13.8 Å². The normalized spacial score (nSPS) is 15.5.